The first-order valence-electron chi connectivity index (χ1n) is 8.17. The highest BCUT2D eigenvalue weighted by Gasteiger charge is 2.36. The molecule has 0 spiro atoms. The van der Waals surface area contributed by atoms with Crippen LogP contribution in [0.3, 0.4) is 0 Å². The summed E-state index contributed by atoms with van der Waals surface area (Å²) >= 11 is 5.95. The van der Waals surface area contributed by atoms with E-state index in [0.29, 0.717) is 22.8 Å². The number of urea groups is 1. The zero-order valence-corrected chi connectivity index (χ0v) is 15.3. The van der Waals surface area contributed by atoms with Crippen LogP contribution < -0.4 is 5.32 Å². The number of methoxy groups -OCH3 is 1. The van der Waals surface area contributed by atoms with Crippen molar-refractivity contribution in [3.8, 4) is 0 Å². The van der Waals surface area contributed by atoms with Gasteiger partial charge in [-0.2, -0.15) is 0 Å². The summed E-state index contributed by atoms with van der Waals surface area (Å²) in [5.41, 5.74) is 2.72. The van der Waals surface area contributed by atoms with E-state index < -0.39 is 12.0 Å². The molecular formula is C20H19ClN2O3. The SMILES string of the molecule is COC(=O)C1=C(C)N(Cc2ccccc2)C(=O)NC1c1ccc(Cl)cc1. The summed E-state index contributed by atoms with van der Waals surface area (Å²) in [7, 11) is 1.33. The van der Waals surface area contributed by atoms with E-state index in [4.69, 9.17) is 16.3 Å². The lowest BCUT2D eigenvalue weighted by Crippen LogP contribution is -2.47. The van der Waals surface area contributed by atoms with Gasteiger partial charge in [-0.15, -0.1) is 0 Å². The van der Waals surface area contributed by atoms with E-state index in [9.17, 15) is 9.59 Å². The molecule has 26 heavy (non-hydrogen) atoms. The Morgan fingerprint density at radius 2 is 1.81 bits per heavy atom. The topological polar surface area (TPSA) is 58.6 Å². The number of rotatable bonds is 4. The van der Waals surface area contributed by atoms with Gasteiger partial charge in [0.15, 0.2) is 0 Å². The molecule has 5 nitrogen and oxygen atoms in total. The Bertz CT molecular complexity index is 847. The lowest BCUT2D eigenvalue weighted by atomic mass is 9.94. The quantitative estimate of drug-likeness (QED) is 0.826. The number of carbonyl (C=O) groups excluding carboxylic acids is 2. The molecule has 2 aromatic carbocycles. The smallest absolute Gasteiger partial charge is 0.337 e. The fourth-order valence-electron chi connectivity index (χ4n) is 3.02. The average Bonchev–Trinajstić information content (AvgIpc) is 2.65. The van der Waals surface area contributed by atoms with Crippen LogP contribution in [0.4, 0.5) is 4.79 Å². The maximum atomic E-state index is 12.7. The van der Waals surface area contributed by atoms with Gasteiger partial charge in [0.05, 0.1) is 25.3 Å². The molecule has 2 aromatic rings. The van der Waals surface area contributed by atoms with Gasteiger partial charge >= 0.3 is 12.0 Å². The van der Waals surface area contributed by atoms with E-state index in [0.717, 1.165) is 11.1 Å². The van der Waals surface area contributed by atoms with Crippen LogP contribution in [0.25, 0.3) is 0 Å². The molecule has 1 aliphatic heterocycles. The number of halogens is 1. The van der Waals surface area contributed by atoms with E-state index in [1.807, 2.05) is 30.3 Å². The van der Waals surface area contributed by atoms with Crippen molar-refractivity contribution in [2.75, 3.05) is 7.11 Å². The first kappa shape index (κ1) is 18.0. The molecule has 0 bridgehead atoms. The fraction of sp³-hybridized carbons (Fsp3) is 0.200. The predicted molar refractivity (Wildman–Crippen MR) is 99.4 cm³/mol. The number of carbonyl (C=O) groups is 2. The van der Waals surface area contributed by atoms with Crippen molar-refractivity contribution < 1.29 is 14.3 Å². The largest absolute Gasteiger partial charge is 0.466 e. The third kappa shape index (κ3) is 3.58. The van der Waals surface area contributed by atoms with Crippen molar-refractivity contribution in [3.05, 3.63) is 82.0 Å². The number of allylic oxidation sites excluding steroid dienone is 1. The molecule has 0 radical (unpaired) electrons. The standard InChI is InChI=1S/C20H19ClN2O3/c1-13-17(19(24)26-2)18(15-8-10-16(21)11-9-15)22-20(25)23(13)12-14-6-4-3-5-7-14/h3-11,18H,12H2,1-2H3,(H,22,25). The average molecular weight is 371 g/mol. The van der Waals surface area contributed by atoms with Crippen LogP contribution in [-0.4, -0.2) is 24.0 Å². The maximum absolute atomic E-state index is 12.7. The van der Waals surface area contributed by atoms with Crippen molar-refractivity contribution >= 4 is 23.6 Å². The number of benzene rings is 2. The van der Waals surface area contributed by atoms with Crippen LogP contribution in [0.15, 0.2) is 65.9 Å². The van der Waals surface area contributed by atoms with Crippen LogP contribution in [0, 0.1) is 0 Å². The van der Waals surface area contributed by atoms with Gasteiger partial charge < -0.3 is 10.1 Å². The van der Waals surface area contributed by atoms with E-state index in [1.54, 1.807) is 36.1 Å². The molecule has 1 atom stereocenters. The van der Waals surface area contributed by atoms with Gasteiger partial charge in [-0.1, -0.05) is 54.1 Å². The molecule has 1 aliphatic rings. The number of hydrogen-bond acceptors (Lipinski definition) is 3. The second-order valence-corrected chi connectivity index (χ2v) is 6.43. The molecule has 0 saturated heterocycles. The summed E-state index contributed by atoms with van der Waals surface area (Å²) in [5.74, 6) is -0.472. The summed E-state index contributed by atoms with van der Waals surface area (Å²) in [6, 6.07) is 15.8. The lowest BCUT2D eigenvalue weighted by molar-refractivity contribution is -0.136. The van der Waals surface area contributed by atoms with E-state index in [-0.39, 0.29) is 6.03 Å². The third-order valence-electron chi connectivity index (χ3n) is 4.39. The Labute approximate surface area is 157 Å². The number of hydrogen-bond donors (Lipinski definition) is 1. The second kappa shape index (κ2) is 7.62. The van der Waals surface area contributed by atoms with Gasteiger partial charge in [0.25, 0.3) is 0 Å². The summed E-state index contributed by atoms with van der Waals surface area (Å²) < 4.78 is 4.97. The molecule has 3 rings (SSSR count). The maximum Gasteiger partial charge on any atom is 0.337 e. The number of amides is 2. The highest BCUT2D eigenvalue weighted by Crippen LogP contribution is 2.32. The predicted octanol–water partition coefficient (Wildman–Crippen LogP) is 4.05. The Morgan fingerprint density at radius 3 is 2.42 bits per heavy atom. The molecule has 0 fully saturated rings. The summed E-state index contributed by atoms with van der Waals surface area (Å²) in [5, 5.41) is 3.49. The minimum atomic E-state index is -0.584. The molecule has 1 unspecified atom stereocenters. The number of esters is 1. The monoisotopic (exact) mass is 370 g/mol. The Balaban J connectivity index is 2.02. The molecule has 134 valence electrons. The number of ether oxygens (including phenoxy) is 1. The Morgan fingerprint density at radius 1 is 1.15 bits per heavy atom. The Hall–Kier alpha value is -2.79. The van der Waals surface area contributed by atoms with Crippen molar-refractivity contribution in [2.45, 2.75) is 19.5 Å². The van der Waals surface area contributed by atoms with Gasteiger partial charge in [0.2, 0.25) is 0 Å². The van der Waals surface area contributed by atoms with Crippen molar-refractivity contribution in [1.29, 1.82) is 0 Å². The van der Waals surface area contributed by atoms with Crippen LogP contribution in [0.5, 0.6) is 0 Å². The fourth-order valence-corrected chi connectivity index (χ4v) is 3.14. The molecule has 0 aliphatic carbocycles. The van der Waals surface area contributed by atoms with Crippen molar-refractivity contribution in [3.63, 3.8) is 0 Å². The van der Waals surface area contributed by atoms with E-state index in [2.05, 4.69) is 5.32 Å². The molecular weight excluding hydrogens is 352 g/mol. The summed E-state index contributed by atoms with van der Waals surface area (Å²) in [6.07, 6.45) is 0. The normalized spacial score (nSPS) is 17.1. The minimum absolute atomic E-state index is 0.265. The third-order valence-corrected chi connectivity index (χ3v) is 4.64. The van der Waals surface area contributed by atoms with Gasteiger partial charge in [0, 0.05) is 10.7 Å². The lowest BCUT2D eigenvalue weighted by Gasteiger charge is -2.35. The number of nitrogens with zero attached hydrogens (tertiary/aromatic N) is 1. The van der Waals surface area contributed by atoms with Crippen molar-refractivity contribution in [1.82, 2.24) is 10.2 Å². The highest BCUT2D eigenvalue weighted by atomic mass is 35.5. The van der Waals surface area contributed by atoms with Crippen molar-refractivity contribution in [2.24, 2.45) is 0 Å². The molecule has 0 aromatic heterocycles. The molecule has 1 heterocycles. The second-order valence-electron chi connectivity index (χ2n) is 6.00. The van der Waals surface area contributed by atoms with Gasteiger partial charge in [-0.25, -0.2) is 9.59 Å². The molecule has 0 saturated carbocycles. The minimum Gasteiger partial charge on any atom is -0.466 e. The van der Waals surface area contributed by atoms with E-state index >= 15 is 0 Å². The van der Waals surface area contributed by atoms with Gasteiger partial charge in [0.1, 0.15) is 0 Å². The zero-order chi connectivity index (χ0) is 18.7. The highest BCUT2D eigenvalue weighted by molar-refractivity contribution is 6.30. The van der Waals surface area contributed by atoms with Crippen LogP contribution in [0.1, 0.15) is 24.1 Å². The first-order valence-corrected chi connectivity index (χ1v) is 8.55. The summed E-state index contributed by atoms with van der Waals surface area (Å²) in [6.45, 7) is 2.13. The molecule has 1 N–H and O–H groups in total. The Kier molecular flexibility index (Phi) is 5.28. The van der Waals surface area contributed by atoms with Gasteiger partial charge in [-0.05, 0) is 30.2 Å². The van der Waals surface area contributed by atoms with Crippen LogP contribution in [0.2, 0.25) is 5.02 Å². The molecule has 2 amide bonds. The van der Waals surface area contributed by atoms with Crippen LogP contribution in [-0.2, 0) is 16.1 Å². The van der Waals surface area contributed by atoms with E-state index in [1.165, 1.54) is 7.11 Å². The zero-order valence-electron chi connectivity index (χ0n) is 14.5. The number of nitrogens with one attached hydrogen (secondary N) is 1. The summed E-state index contributed by atoms with van der Waals surface area (Å²) in [4.78, 5) is 26.7. The molecule has 6 heteroatoms. The van der Waals surface area contributed by atoms with Gasteiger partial charge in [-0.3, -0.25) is 4.90 Å². The first-order chi connectivity index (χ1) is 12.5. The van der Waals surface area contributed by atoms with Crippen LogP contribution >= 0.6 is 11.6 Å².